The maximum Gasteiger partial charge on any atom is 0.240 e. The maximum atomic E-state index is 12.3. The highest BCUT2D eigenvalue weighted by molar-refractivity contribution is 9.10. The van der Waals surface area contributed by atoms with E-state index < -0.39 is 5.41 Å². The standard InChI is InChI=1S/C14H17BrN2OS/c15-11-7-12(19-9-11)8-17-13(18)14(10-16)5-3-1-2-4-6-14/h7,9H,1-6,8H2,(H,17,18). The minimum atomic E-state index is -0.801. The van der Waals surface area contributed by atoms with Crippen molar-refractivity contribution in [3.05, 3.63) is 20.8 Å². The Morgan fingerprint density at radius 1 is 1.42 bits per heavy atom. The fourth-order valence-corrected chi connectivity index (χ4v) is 3.90. The van der Waals surface area contributed by atoms with E-state index in [1.54, 1.807) is 11.3 Å². The summed E-state index contributed by atoms with van der Waals surface area (Å²) in [7, 11) is 0. The highest BCUT2D eigenvalue weighted by Crippen LogP contribution is 2.34. The van der Waals surface area contributed by atoms with Crippen LogP contribution in [0.2, 0.25) is 0 Å². The second-order valence-electron chi connectivity index (χ2n) is 5.02. The zero-order valence-corrected chi connectivity index (χ0v) is 13.1. The third kappa shape index (κ3) is 3.58. The van der Waals surface area contributed by atoms with E-state index in [9.17, 15) is 10.1 Å². The molecule has 1 saturated carbocycles. The average molecular weight is 341 g/mol. The molecule has 0 atom stereocenters. The number of nitriles is 1. The van der Waals surface area contributed by atoms with E-state index >= 15 is 0 Å². The fourth-order valence-electron chi connectivity index (χ4n) is 2.50. The zero-order chi connectivity index (χ0) is 13.7. The van der Waals surface area contributed by atoms with Crippen LogP contribution in [0.25, 0.3) is 0 Å². The number of rotatable bonds is 3. The molecule has 1 aromatic heterocycles. The molecule has 0 aromatic carbocycles. The molecule has 1 aliphatic carbocycles. The van der Waals surface area contributed by atoms with Gasteiger partial charge >= 0.3 is 0 Å². The van der Waals surface area contributed by atoms with Crippen LogP contribution in [0.5, 0.6) is 0 Å². The van der Waals surface area contributed by atoms with Gasteiger partial charge in [0.15, 0.2) is 0 Å². The molecule has 0 aliphatic heterocycles. The molecule has 0 bridgehead atoms. The number of carbonyl (C=O) groups is 1. The van der Waals surface area contributed by atoms with Crippen molar-refractivity contribution >= 4 is 33.2 Å². The summed E-state index contributed by atoms with van der Waals surface area (Å²) in [5.41, 5.74) is -0.801. The second-order valence-corrected chi connectivity index (χ2v) is 6.93. The van der Waals surface area contributed by atoms with Crippen LogP contribution in [0, 0.1) is 16.7 Å². The zero-order valence-electron chi connectivity index (χ0n) is 10.7. The lowest BCUT2D eigenvalue weighted by Gasteiger charge is -2.23. The lowest BCUT2D eigenvalue weighted by atomic mass is 9.81. The molecule has 19 heavy (non-hydrogen) atoms. The highest BCUT2D eigenvalue weighted by Gasteiger charge is 2.38. The Kier molecular flexibility index (Phi) is 5.00. The van der Waals surface area contributed by atoms with Gasteiger partial charge in [-0.05, 0) is 34.8 Å². The third-order valence-corrected chi connectivity index (χ3v) is 5.35. The summed E-state index contributed by atoms with van der Waals surface area (Å²) in [4.78, 5) is 13.4. The van der Waals surface area contributed by atoms with Crippen LogP contribution in [-0.2, 0) is 11.3 Å². The van der Waals surface area contributed by atoms with Gasteiger partial charge in [0.2, 0.25) is 5.91 Å². The van der Waals surface area contributed by atoms with Gasteiger partial charge in [0.1, 0.15) is 5.41 Å². The largest absolute Gasteiger partial charge is 0.350 e. The summed E-state index contributed by atoms with van der Waals surface area (Å²) in [5, 5.41) is 14.3. The number of halogens is 1. The minimum Gasteiger partial charge on any atom is -0.350 e. The van der Waals surface area contributed by atoms with E-state index in [0.29, 0.717) is 19.4 Å². The van der Waals surface area contributed by atoms with Gasteiger partial charge in [-0.3, -0.25) is 4.79 Å². The van der Waals surface area contributed by atoms with Crippen LogP contribution in [0.4, 0.5) is 0 Å². The predicted octanol–water partition coefficient (Wildman–Crippen LogP) is 3.99. The molecular weight excluding hydrogens is 324 g/mol. The summed E-state index contributed by atoms with van der Waals surface area (Å²) >= 11 is 5.00. The SMILES string of the molecule is N#CC1(C(=O)NCc2cc(Br)cs2)CCCCCC1. The number of carbonyl (C=O) groups excluding carboxylic acids is 1. The third-order valence-electron chi connectivity index (χ3n) is 3.65. The van der Waals surface area contributed by atoms with Gasteiger partial charge in [-0.1, -0.05) is 25.7 Å². The molecule has 1 N–H and O–H groups in total. The first-order valence-corrected chi connectivity index (χ1v) is 8.26. The monoisotopic (exact) mass is 340 g/mol. The van der Waals surface area contributed by atoms with Gasteiger partial charge in [0, 0.05) is 14.7 Å². The normalized spacial score (nSPS) is 18.3. The number of hydrogen-bond acceptors (Lipinski definition) is 3. The Balaban J connectivity index is 1.98. The molecule has 1 heterocycles. The van der Waals surface area contributed by atoms with Crippen LogP contribution in [0.3, 0.4) is 0 Å². The predicted molar refractivity (Wildman–Crippen MR) is 79.6 cm³/mol. The summed E-state index contributed by atoms with van der Waals surface area (Å²) in [6.45, 7) is 0.512. The van der Waals surface area contributed by atoms with Crippen molar-refractivity contribution in [3.8, 4) is 6.07 Å². The van der Waals surface area contributed by atoms with E-state index in [0.717, 1.165) is 35.0 Å². The van der Waals surface area contributed by atoms with Crippen LogP contribution >= 0.6 is 27.3 Å². The Hall–Kier alpha value is -0.860. The van der Waals surface area contributed by atoms with Gasteiger partial charge in [-0.25, -0.2) is 0 Å². The smallest absolute Gasteiger partial charge is 0.240 e. The molecule has 0 saturated heterocycles. The molecule has 0 spiro atoms. The minimum absolute atomic E-state index is 0.0959. The average Bonchev–Trinajstić information content (AvgIpc) is 2.69. The van der Waals surface area contributed by atoms with Crippen molar-refractivity contribution in [2.24, 2.45) is 5.41 Å². The van der Waals surface area contributed by atoms with Crippen molar-refractivity contribution in [2.45, 2.75) is 45.1 Å². The van der Waals surface area contributed by atoms with Crippen molar-refractivity contribution in [1.82, 2.24) is 5.32 Å². The van der Waals surface area contributed by atoms with Gasteiger partial charge in [0.05, 0.1) is 12.6 Å². The van der Waals surface area contributed by atoms with Gasteiger partial charge < -0.3 is 5.32 Å². The quantitative estimate of drug-likeness (QED) is 0.845. The summed E-state index contributed by atoms with van der Waals surface area (Å²) < 4.78 is 1.03. The maximum absolute atomic E-state index is 12.3. The van der Waals surface area contributed by atoms with Crippen LogP contribution < -0.4 is 5.32 Å². The van der Waals surface area contributed by atoms with Crippen molar-refractivity contribution < 1.29 is 4.79 Å². The molecule has 0 unspecified atom stereocenters. The molecule has 1 aromatic rings. The Morgan fingerprint density at radius 2 is 2.11 bits per heavy atom. The molecule has 1 aliphatic rings. The van der Waals surface area contributed by atoms with Crippen LogP contribution in [0.15, 0.2) is 15.9 Å². The number of nitrogens with zero attached hydrogens (tertiary/aromatic N) is 1. The lowest BCUT2D eigenvalue weighted by molar-refractivity contribution is -0.128. The fraction of sp³-hybridized carbons (Fsp3) is 0.571. The molecule has 102 valence electrons. The molecule has 2 rings (SSSR count). The van der Waals surface area contributed by atoms with E-state index in [-0.39, 0.29) is 5.91 Å². The second kappa shape index (κ2) is 6.53. The van der Waals surface area contributed by atoms with E-state index in [1.165, 1.54) is 0 Å². The number of hydrogen-bond donors (Lipinski definition) is 1. The summed E-state index contributed by atoms with van der Waals surface area (Å²) in [6, 6.07) is 4.28. The Bertz CT molecular complexity index is 484. The number of amides is 1. The van der Waals surface area contributed by atoms with Crippen LogP contribution in [-0.4, -0.2) is 5.91 Å². The molecule has 1 fully saturated rings. The first-order valence-electron chi connectivity index (χ1n) is 6.59. The number of thiophene rings is 1. The van der Waals surface area contributed by atoms with E-state index in [2.05, 4.69) is 27.3 Å². The summed E-state index contributed by atoms with van der Waals surface area (Å²) in [5.74, 6) is -0.0959. The van der Waals surface area contributed by atoms with Gasteiger partial charge in [0.25, 0.3) is 0 Å². The van der Waals surface area contributed by atoms with Gasteiger partial charge in [-0.2, -0.15) is 5.26 Å². The Labute approximate surface area is 126 Å². The van der Waals surface area contributed by atoms with Crippen molar-refractivity contribution in [1.29, 1.82) is 5.26 Å². The van der Waals surface area contributed by atoms with E-state index in [1.807, 2.05) is 11.4 Å². The molecular formula is C14H17BrN2OS. The van der Waals surface area contributed by atoms with E-state index in [4.69, 9.17) is 0 Å². The first kappa shape index (κ1) is 14.5. The topological polar surface area (TPSA) is 52.9 Å². The molecule has 5 heteroatoms. The molecule has 1 amide bonds. The van der Waals surface area contributed by atoms with Crippen LogP contribution in [0.1, 0.15) is 43.4 Å². The highest BCUT2D eigenvalue weighted by atomic mass is 79.9. The first-order chi connectivity index (χ1) is 9.16. The number of nitrogens with one attached hydrogen (secondary N) is 1. The Morgan fingerprint density at radius 3 is 2.63 bits per heavy atom. The van der Waals surface area contributed by atoms with Gasteiger partial charge in [-0.15, -0.1) is 11.3 Å². The van der Waals surface area contributed by atoms with Crippen molar-refractivity contribution in [3.63, 3.8) is 0 Å². The lowest BCUT2D eigenvalue weighted by Crippen LogP contribution is -2.39. The molecule has 0 radical (unpaired) electrons. The molecule has 3 nitrogen and oxygen atoms in total. The summed E-state index contributed by atoms with van der Waals surface area (Å²) in [6.07, 6.45) is 5.62. The van der Waals surface area contributed by atoms with Crippen molar-refractivity contribution in [2.75, 3.05) is 0 Å².